The molecule has 0 aromatic heterocycles. The number of hydrogen-bond donors (Lipinski definition) is 0. The molecule has 0 aromatic carbocycles. The van der Waals surface area contributed by atoms with Crippen LogP contribution in [0, 0.1) is 0 Å². The van der Waals surface area contributed by atoms with E-state index in [1.807, 2.05) is 0 Å². The van der Waals surface area contributed by atoms with Crippen LogP contribution < -0.4 is 0 Å². The summed E-state index contributed by atoms with van der Waals surface area (Å²) in [7, 11) is -9.80. The normalized spacial score (nSPS) is 18.9. The van der Waals surface area contributed by atoms with Gasteiger partial charge in [-0.1, -0.05) is 53.4 Å². The average molecular weight is 623 g/mol. The standard InChI is InChI=1S/C18H42O9Si4.4Al/c1-7-11-15-28(19,23-5)25-30(21,17-13-9-3)27-31(22,18-14-10-4)26-29(20,24-6)16-12-8-2;;;;/h7-18H2,1-6H3;;;;/q-4;4*+1. The van der Waals surface area contributed by atoms with Crippen LogP contribution in [0.15, 0.2) is 0 Å². The first-order chi connectivity index (χ1) is 16.7. The second kappa shape index (κ2) is 20.5. The monoisotopic (exact) mass is 622 g/mol. The van der Waals surface area contributed by atoms with Crippen molar-refractivity contribution in [2.45, 2.75) is 103 Å². The molecule has 4 atom stereocenters. The van der Waals surface area contributed by atoms with Crippen molar-refractivity contribution in [3.8, 4) is 0 Å². The Morgan fingerprint density at radius 3 is 0.857 bits per heavy atom. The zero-order chi connectivity index (χ0) is 26.8. The first-order valence-corrected chi connectivity index (χ1v) is 22.1. The molecule has 35 heavy (non-hydrogen) atoms. The van der Waals surface area contributed by atoms with Crippen LogP contribution in [0.5, 0.6) is 0 Å². The Balaban J connectivity index is 6.48. The number of hydrogen-bond acceptors (Lipinski definition) is 9. The second-order valence-electron chi connectivity index (χ2n) is 8.33. The lowest BCUT2D eigenvalue weighted by Gasteiger charge is -2.46. The fourth-order valence-corrected chi connectivity index (χ4v) is 23.2. The Bertz CT molecular complexity index is 498. The van der Waals surface area contributed by atoms with Crippen LogP contribution >= 0.6 is 0 Å². The first kappa shape index (κ1) is 37.6. The van der Waals surface area contributed by atoms with E-state index in [2.05, 4.69) is 94.2 Å². The van der Waals surface area contributed by atoms with Crippen molar-refractivity contribution in [3.05, 3.63) is 0 Å². The van der Waals surface area contributed by atoms with Crippen LogP contribution in [0.3, 0.4) is 0 Å². The lowest BCUT2D eigenvalue weighted by Crippen LogP contribution is -2.66. The zero-order valence-corrected chi connectivity index (χ0v) is 31.1. The molecule has 0 heterocycles. The molecule has 0 bridgehead atoms. The highest BCUT2D eigenvalue weighted by molar-refractivity contribution is 6.86. The molecule has 0 N–H and O–H groups in total. The van der Waals surface area contributed by atoms with E-state index >= 15 is 0 Å². The van der Waals surface area contributed by atoms with Crippen LogP contribution in [0.4, 0.5) is 0 Å². The summed E-state index contributed by atoms with van der Waals surface area (Å²) in [6.07, 6.45) is 7.35. The van der Waals surface area contributed by atoms with Gasteiger partial charge < -0.3 is 35.1 Å². The van der Waals surface area contributed by atoms with Crippen molar-refractivity contribution in [2.24, 2.45) is 0 Å². The third-order valence-corrected chi connectivity index (χ3v) is 23.9. The summed E-state index contributed by atoms with van der Waals surface area (Å²) < 4.78 is 55.8. The van der Waals surface area contributed by atoms with Crippen molar-refractivity contribution >= 4 is 102 Å². The summed E-state index contributed by atoms with van der Waals surface area (Å²) in [4.78, 5) is 0. The zero-order valence-electron chi connectivity index (χ0n) is 22.5. The highest BCUT2D eigenvalue weighted by Gasteiger charge is 2.58. The fourth-order valence-electron chi connectivity index (χ4n) is 3.40. The molecule has 0 spiro atoms. The van der Waals surface area contributed by atoms with Gasteiger partial charge in [-0.05, 0) is 25.7 Å². The molecular formula is C18H42Al4O9Si4. The minimum absolute atomic E-state index is 0.571. The van der Waals surface area contributed by atoms with Crippen LogP contribution in [-0.4, -0.2) is 116 Å². The van der Waals surface area contributed by atoms with Crippen LogP contribution in [0.25, 0.3) is 0 Å². The van der Waals surface area contributed by atoms with Crippen molar-refractivity contribution in [1.82, 2.24) is 0 Å². The van der Waals surface area contributed by atoms with Gasteiger partial charge in [-0.15, -0.1) is 0 Å². The summed E-state index contributed by atoms with van der Waals surface area (Å²) in [6.45, 7) is 8.47. The Labute approximate surface area is 252 Å². The van der Waals surface area contributed by atoms with E-state index in [1.54, 1.807) is 14.2 Å². The summed E-state index contributed by atoms with van der Waals surface area (Å²) in [5, 5.41) is 0. The quantitative estimate of drug-likeness (QED) is 0.150. The average Bonchev–Trinajstić information content (AvgIpc) is 2.90. The highest BCUT2D eigenvalue weighted by atomic mass is 28.5. The lowest BCUT2D eigenvalue weighted by atomic mass is 10.4. The van der Waals surface area contributed by atoms with E-state index < -0.39 is 35.2 Å². The summed E-state index contributed by atoms with van der Waals surface area (Å²) in [6, 6.07) is 2.44. The molecule has 0 aliphatic heterocycles. The van der Waals surface area contributed by atoms with Gasteiger partial charge in [-0.25, -0.2) is 0 Å². The van der Waals surface area contributed by atoms with E-state index in [9.17, 15) is 0 Å². The van der Waals surface area contributed by atoms with E-state index in [-0.39, 0.29) is 0 Å². The molecule has 196 valence electrons. The minimum atomic E-state index is -3.42. The topological polar surface area (TPSA) is 83.1 Å². The SMILES string of the molecule is CCCC[Si](OC)([O][Al])O[Si](CCCC)([O][Al])O[Si](CCCC)([O][Al])O[Si](CCCC)(OC)[O][Al]. The molecule has 0 rings (SSSR count). The second-order valence-corrected chi connectivity index (χ2v) is 22.8. The van der Waals surface area contributed by atoms with Gasteiger partial charge >= 0.3 is 102 Å². The highest BCUT2D eigenvalue weighted by Crippen LogP contribution is 2.35. The Hall–Kier alpha value is 2.64. The molecule has 0 amide bonds. The van der Waals surface area contributed by atoms with Crippen LogP contribution in [0.1, 0.15) is 79.1 Å². The van der Waals surface area contributed by atoms with E-state index in [0.29, 0.717) is 24.2 Å². The van der Waals surface area contributed by atoms with Gasteiger partial charge in [0.1, 0.15) is 0 Å². The van der Waals surface area contributed by atoms with Crippen molar-refractivity contribution < 1.29 is 35.1 Å². The lowest BCUT2D eigenvalue weighted by molar-refractivity contribution is 0.110. The molecule has 0 fully saturated rings. The van der Waals surface area contributed by atoms with Gasteiger partial charge in [0.2, 0.25) is 0 Å². The van der Waals surface area contributed by atoms with Gasteiger partial charge in [0.25, 0.3) is 0 Å². The van der Waals surface area contributed by atoms with E-state index in [0.717, 1.165) is 51.4 Å². The number of rotatable bonds is 24. The Morgan fingerprint density at radius 1 is 0.429 bits per heavy atom. The predicted octanol–water partition coefficient (Wildman–Crippen LogP) is 3.69. The summed E-state index contributed by atoms with van der Waals surface area (Å²) in [5.41, 5.74) is 0. The molecule has 0 aromatic rings. The fraction of sp³-hybridized carbons (Fsp3) is 1.00. The van der Waals surface area contributed by atoms with Gasteiger partial charge in [0, 0.05) is 38.4 Å². The summed E-state index contributed by atoms with van der Waals surface area (Å²) >= 11 is 9.34. The van der Waals surface area contributed by atoms with Gasteiger partial charge in [0.05, 0.1) is 0 Å². The van der Waals surface area contributed by atoms with E-state index in [1.165, 1.54) is 0 Å². The molecule has 0 saturated heterocycles. The van der Waals surface area contributed by atoms with Gasteiger partial charge in [-0.2, -0.15) is 0 Å². The molecule has 17 heteroatoms. The van der Waals surface area contributed by atoms with Crippen molar-refractivity contribution in [1.29, 1.82) is 0 Å². The molecule has 9 nitrogen and oxygen atoms in total. The third-order valence-electron chi connectivity index (χ3n) is 5.62. The molecule has 4 unspecified atom stereocenters. The smallest absolute Gasteiger partial charge is 0.463 e. The molecule has 0 saturated carbocycles. The largest absolute Gasteiger partial charge is 0.518 e. The third kappa shape index (κ3) is 12.8. The van der Waals surface area contributed by atoms with Crippen molar-refractivity contribution in [2.75, 3.05) is 14.2 Å². The molecule has 0 aliphatic rings. The number of unbranched alkanes of at least 4 members (excludes halogenated alkanes) is 4. The maximum absolute atomic E-state index is 6.88. The maximum atomic E-state index is 6.88. The summed E-state index contributed by atoms with van der Waals surface area (Å²) in [5.74, 6) is 0. The predicted molar refractivity (Wildman–Crippen MR) is 147 cm³/mol. The van der Waals surface area contributed by atoms with Crippen molar-refractivity contribution in [3.63, 3.8) is 0 Å². The Morgan fingerprint density at radius 2 is 0.657 bits per heavy atom. The van der Waals surface area contributed by atoms with E-state index in [4.69, 9.17) is 35.1 Å². The maximum Gasteiger partial charge on any atom is 0.463 e. The minimum Gasteiger partial charge on any atom is -0.518 e. The Kier molecular flexibility index (Phi) is 22.0. The van der Waals surface area contributed by atoms with Gasteiger partial charge in [0.15, 0.2) is 0 Å². The van der Waals surface area contributed by atoms with Crippen LogP contribution in [0.2, 0.25) is 24.2 Å². The molecule has 0 aliphatic carbocycles. The molecule has 8 radical (unpaired) electrons. The first-order valence-electron chi connectivity index (χ1n) is 12.5. The van der Waals surface area contributed by atoms with Crippen LogP contribution in [-0.2, 0) is 35.1 Å². The van der Waals surface area contributed by atoms with Gasteiger partial charge in [-0.3, -0.25) is 0 Å². The molecular weight excluding hydrogens is 580 g/mol.